The smallest absolute Gasteiger partial charge is 0.341 e. The van der Waals surface area contributed by atoms with E-state index in [-0.39, 0.29) is 22.9 Å². The fourth-order valence-electron chi connectivity index (χ4n) is 1.97. The number of carbonyl (C=O) groups is 1. The van der Waals surface area contributed by atoms with Crippen LogP contribution in [0.15, 0.2) is 24.3 Å². The molecule has 0 bridgehead atoms. The third-order valence-electron chi connectivity index (χ3n) is 2.85. The van der Waals surface area contributed by atoms with Crippen LogP contribution < -0.4 is 4.74 Å². The van der Waals surface area contributed by atoms with Crippen LogP contribution in [0.4, 0.5) is 0 Å². The highest BCUT2D eigenvalue weighted by atomic mass is 35.5. The average molecular weight is 295 g/mol. The minimum Gasteiger partial charge on any atom is -0.486 e. The molecule has 0 unspecified atom stereocenters. The van der Waals surface area contributed by atoms with Gasteiger partial charge in [-0.1, -0.05) is 17.7 Å². The summed E-state index contributed by atoms with van der Waals surface area (Å²) >= 11 is 5.89. The number of aryl methyl sites for hydroxylation is 2. The highest BCUT2D eigenvalue weighted by Gasteiger charge is 2.16. The fraction of sp³-hybridized carbons (Fsp3) is 0.286. The summed E-state index contributed by atoms with van der Waals surface area (Å²) in [5, 5.41) is 13.6. The van der Waals surface area contributed by atoms with Crippen molar-refractivity contribution in [1.82, 2.24) is 9.78 Å². The molecule has 1 heterocycles. The number of halogens is 1. The Kier molecular flexibility index (Phi) is 4.29. The molecule has 1 aromatic carbocycles. The number of aromatic carboxylic acids is 1. The summed E-state index contributed by atoms with van der Waals surface area (Å²) < 4.78 is 7.41. The molecule has 0 saturated heterocycles. The molecule has 1 aromatic heterocycles. The number of rotatable bonds is 5. The van der Waals surface area contributed by atoms with Gasteiger partial charge >= 0.3 is 5.97 Å². The molecule has 0 aliphatic heterocycles. The molecule has 0 atom stereocenters. The van der Waals surface area contributed by atoms with Crippen LogP contribution in [0.3, 0.4) is 0 Å². The van der Waals surface area contributed by atoms with Crippen LogP contribution in [-0.2, 0) is 13.2 Å². The molecule has 1 N–H and O–H groups in total. The van der Waals surface area contributed by atoms with Gasteiger partial charge in [0.1, 0.15) is 17.9 Å². The van der Waals surface area contributed by atoms with E-state index in [2.05, 4.69) is 5.10 Å². The van der Waals surface area contributed by atoms with Crippen LogP contribution in [-0.4, -0.2) is 20.9 Å². The molecule has 0 saturated carbocycles. The molecule has 2 rings (SSSR count). The number of ether oxygens (including phenoxy) is 1. The van der Waals surface area contributed by atoms with Crippen LogP contribution in [0.5, 0.6) is 5.75 Å². The molecule has 6 heteroatoms. The van der Waals surface area contributed by atoms with Crippen LogP contribution in [0.25, 0.3) is 0 Å². The van der Waals surface area contributed by atoms with Gasteiger partial charge in [-0.2, -0.15) is 5.10 Å². The van der Waals surface area contributed by atoms with Crippen LogP contribution in [0.1, 0.15) is 28.7 Å². The Bertz CT molecular complexity index is 637. The van der Waals surface area contributed by atoms with Crippen molar-refractivity contribution in [2.75, 3.05) is 0 Å². The zero-order valence-electron chi connectivity index (χ0n) is 11.3. The normalized spacial score (nSPS) is 10.6. The summed E-state index contributed by atoms with van der Waals surface area (Å²) in [6.45, 7) is 4.86. The first-order valence-corrected chi connectivity index (χ1v) is 6.58. The highest BCUT2D eigenvalue weighted by Crippen LogP contribution is 2.27. The van der Waals surface area contributed by atoms with E-state index in [0.29, 0.717) is 0 Å². The SMILES string of the molecule is CCn1nc(C)cc1COc1cccc(Cl)c1C(=O)O. The van der Waals surface area contributed by atoms with Crippen molar-refractivity contribution < 1.29 is 14.6 Å². The molecular weight excluding hydrogens is 280 g/mol. The van der Waals surface area contributed by atoms with E-state index >= 15 is 0 Å². The Balaban J connectivity index is 2.23. The summed E-state index contributed by atoms with van der Waals surface area (Å²) in [6, 6.07) is 6.69. The number of aromatic nitrogens is 2. The first-order chi connectivity index (χ1) is 9.52. The van der Waals surface area contributed by atoms with Crippen LogP contribution in [0.2, 0.25) is 5.02 Å². The lowest BCUT2D eigenvalue weighted by Crippen LogP contribution is -2.08. The number of carboxylic acid groups (broad SMARTS) is 1. The summed E-state index contributed by atoms with van der Waals surface area (Å²) in [5.74, 6) is -0.850. The van der Waals surface area contributed by atoms with Crippen molar-refractivity contribution in [1.29, 1.82) is 0 Å². The summed E-state index contributed by atoms with van der Waals surface area (Å²) in [4.78, 5) is 11.2. The predicted octanol–water partition coefficient (Wildman–Crippen LogP) is 3.14. The Morgan fingerprint density at radius 2 is 2.25 bits per heavy atom. The molecule has 0 radical (unpaired) electrons. The third-order valence-corrected chi connectivity index (χ3v) is 3.16. The van der Waals surface area contributed by atoms with Gasteiger partial charge in [-0.05, 0) is 32.0 Å². The molecule has 106 valence electrons. The first kappa shape index (κ1) is 14.4. The summed E-state index contributed by atoms with van der Waals surface area (Å²) in [6.07, 6.45) is 0. The number of nitrogens with zero attached hydrogens (tertiary/aromatic N) is 2. The van der Waals surface area contributed by atoms with Gasteiger partial charge in [0.15, 0.2) is 0 Å². The third kappa shape index (κ3) is 2.93. The van der Waals surface area contributed by atoms with Gasteiger partial charge in [0.2, 0.25) is 0 Å². The molecule has 0 fully saturated rings. The maximum Gasteiger partial charge on any atom is 0.341 e. The van der Waals surface area contributed by atoms with Gasteiger partial charge in [0, 0.05) is 6.54 Å². The lowest BCUT2D eigenvalue weighted by atomic mass is 10.2. The van der Waals surface area contributed by atoms with E-state index in [4.69, 9.17) is 21.4 Å². The lowest BCUT2D eigenvalue weighted by molar-refractivity contribution is 0.0692. The van der Waals surface area contributed by atoms with Gasteiger partial charge in [-0.3, -0.25) is 4.68 Å². The van der Waals surface area contributed by atoms with E-state index in [0.717, 1.165) is 17.9 Å². The van der Waals surface area contributed by atoms with E-state index in [9.17, 15) is 4.79 Å². The zero-order chi connectivity index (χ0) is 14.7. The molecular formula is C14H15ClN2O3. The first-order valence-electron chi connectivity index (χ1n) is 6.20. The van der Waals surface area contributed by atoms with Gasteiger partial charge in [0.25, 0.3) is 0 Å². The van der Waals surface area contributed by atoms with Crippen molar-refractivity contribution in [3.63, 3.8) is 0 Å². The Morgan fingerprint density at radius 1 is 1.50 bits per heavy atom. The fourth-order valence-corrected chi connectivity index (χ4v) is 2.22. The van der Waals surface area contributed by atoms with Gasteiger partial charge in [-0.15, -0.1) is 0 Å². The van der Waals surface area contributed by atoms with E-state index < -0.39 is 5.97 Å². The lowest BCUT2D eigenvalue weighted by Gasteiger charge is -2.10. The zero-order valence-corrected chi connectivity index (χ0v) is 12.0. The van der Waals surface area contributed by atoms with Crippen molar-refractivity contribution in [2.45, 2.75) is 27.0 Å². The van der Waals surface area contributed by atoms with Gasteiger partial charge in [-0.25, -0.2) is 4.79 Å². The largest absolute Gasteiger partial charge is 0.486 e. The number of hydrogen-bond donors (Lipinski definition) is 1. The minimum atomic E-state index is -1.11. The number of benzene rings is 1. The Labute approximate surface area is 121 Å². The monoisotopic (exact) mass is 294 g/mol. The topological polar surface area (TPSA) is 64.4 Å². The highest BCUT2D eigenvalue weighted by molar-refractivity contribution is 6.33. The van der Waals surface area contributed by atoms with E-state index in [1.165, 1.54) is 6.07 Å². The predicted molar refractivity (Wildman–Crippen MR) is 75.4 cm³/mol. The van der Waals surface area contributed by atoms with E-state index in [1.807, 2.05) is 24.6 Å². The van der Waals surface area contributed by atoms with E-state index in [1.54, 1.807) is 12.1 Å². The maximum absolute atomic E-state index is 11.2. The van der Waals surface area contributed by atoms with Crippen LogP contribution in [0, 0.1) is 6.92 Å². The number of hydrogen-bond acceptors (Lipinski definition) is 3. The van der Waals surface area contributed by atoms with Gasteiger partial charge in [0.05, 0.1) is 16.4 Å². The standard InChI is InChI=1S/C14H15ClN2O3/c1-3-17-10(7-9(2)16-17)8-20-12-6-4-5-11(15)13(12)14(18)19/h4-7H,3,8H2,1-2H3,(H,18,19). The Hall–Kier alpha value is -2.01. The van der Waals surface area contributed by atoms with Crippen LogP contribution >= 0.6 is 11.6 Å². The quantitative estimate of drug-likeness (QED) is 0.920. The molecule has 20 heavy (non-hydrogen) atoms. The minimum absolute atomic E-state index is 0.0200. The van der Waals surface area contributed by atoms with Crippen molar-refractivity contribution in [3.8, 4) is 5.75 Å². The second-order valence-corrected chi connectivity index (χ2v) is 4.71. The summed E-state index contributed by atoms with van der Waals surface area (Å²) in [5.41, 5.74) is 1.77. The molecule has 0 spiro atoms. The second-order valence-electron chi connectivity index (χ2n) is 4.30. The van der Waals surface area contributed by atoms with Crippen molar-refractivity contribution in [3.05, 3.63) is 46.2 Å². The summed E-state index contributed by atoms with van der Waals surface area (Å²) in [7, 11) is 0. The van der Waals surface area contributed by atoms with Gasteiger partial charge < -0.3 is 9.84 Å². The van der Waals surface area contributed by atoms with Crippen molar-refractivity contribution in [2.24, 2.45) is 0 Å². The molecule has 5 nitrogen and oxygen atoms in total. The second kappa shape index (κ2) is 5.96. The Morgan fingerprint density at radius 3 is 2.90 bits per heavy atom. The molecule has 0 aliphatic carbocycles. The maximum atomic E-state index is 11.2. The molecule has 0 amide bonds. The average Bonchev–Trinajstić information content (AvgIpc) is 2.76. The van der Waals surface area contributed by atoms with Crippen molar-refractivity contribution >= 4 is 17.6 Å². The number of carboxylic acids is 1. The molecule has 0 aliphatic rings. The molecule has 2 aromatic rings.